The molecule has 0 aliphatic carbocycles. The molecular weight excluding hydrogens is 276 g/mol. The molecule has 6 heteroatoms. The van der Waals surface area contributed by atoms with Gasteiger partial charge in [0, 0.05) is 19.7 Å². The van der Waals surface area contributed by atoms with Crippen LogP contribution in [0.2, 0.25) is 0 Å². The molecule has 1 rings (SSSR count). The quantitative estimate of drug-likeness (QED) is 0.798. The minimum absolute atomic E-state index is 0.155. The highest BCUT2D eigenvalue weighted by molar-refractivity contribution is 7.17. The average molecular weight is 300 g/mol. The highest BCUT2D eigenvalue weighted by Crippen LogP contribution is 2.32. The molecule has 114 valence electrons. The molecule has 20 heavy (non-hydrogen) atoms. The standard InChI is InChI=1S/C14H24N2O3S/c1-6-10(4)11-12(13(17)18)20-14(15-11)16(9(2)3)7-8-19-5/h9-10H,6-8H2,1-5H3,(H,17,18). The summed E-state index contributed by atoms with van der Waals surface area (Å²) in [6.45, 7) is 9.50. The Morgan fingerprint density at radius 1 is 1.45 bits per heavy atom. The summed E-state index contributed by atoms with van der Waals surface area (Å²) in [5.41, 5.74) is 0.697. The number of aromatic nitrogens is 1. The third kappa shape index (κ3) is 3.93. The maximum atomic E-state index is 11.4. The minimum Gasteiger partial charge on any atom is -0.477 e. The van der Waals surface area contributed by atoms with Gasteiger partial charge in [0.1, 0.15) is 4.88 Å². The summed E-state index contributed by atoms with van der Waals surface area (Å²) in [7, 11) is 1.66. The van der Waals surface area contributed by atoms with Crippen LogP contribution in [-0.2, 0) is 4.74 Å². The van der Waals surface area contributed by atoms with E-state index in [4.69, 9.17) is 4.74 Å². The molecule has 0 aromatic carbocycles. The summed E-state index contributed by atoms with van der Waals surface area (Å²) in [4.78, 5) is 18.4. The predicted octanol–water partition coefficient (Wildman–Crippen LogP) is 3.22. The molecule has 0 radical (unpaired) electrons. The first kappa shape index (κ1) is 16.9. The van der Waals surface area contributed by atoms with Crippen LogP contribution in [0.5, 0.6) is 0 Å². The highest BCUT2D eigenvalue weighted by Gasteiger charge is 2.24. The Balaban J connectivity index is 3.13. The van der Waals surface area contributed by atoms with E-state index in [-0.39, 0.29) is 12.0 Å². The van der Waals surface area contributed by atoms with Crippen LogP contribution in [0.1, 0.15) is 55.4 Å². The number of carboxylic acids is 1. The fraction of sp³-hybridized carbons (Fsp3) is 0.714. The summed E-state index contributed by atoms with van der Waals surface area (Å²) in [5, 5.41) is 10.1. The van der Waals surface area contributed by atoms with E-state index in [1.807, 2.05) is 13.8 Å². The van der Waals surface area contributed by atoms with Crippen molar-refractivity contribution in [3.63, 3.8) is 0 Å². The van der Waals surface area contributed by atoms with E-state index in [9.17, 15) is 9.90 Å². The number of aromatic carboxylic acids is 1. The van der Waals surface area contributed by atoms with E-state index < -0.39 is 5.97 Å². The molecule has 5 nitrogen and oxygen atoms in total. The number of methoxy groups -OCH3 is 1. The first-order chi connectivity index (χ1) is 9.42. The number of nitrogens with zero attached hydrogens (tertiary/aromatic N) is 2. The maximum absolute atomic E-state index is 11.4. The lowest BCUT2D eigenvalue weighted by Crippen LogP contribution is -2.33. The second kappa shape index (κ2) is 7.59. The molecule has 1 atom stereocenters. The van der Waals surface area contributed by atoms with E-state index >= 15 is 0 Å². The van der Waals surface area contributed by atoms with Crippen LogP contribution in [0.4, 0.5) is 5.13 Å². The summed E-state index contributed by atoms with van der Waals surface area (Å²) in [5.74, 6) is -0.734. The van der Waals surface area contributed by atoms with Gasteiger partial charge < -0.3 is 14.7 Å². The zero-order valence-corrected chi connectivity index (χ0v) is 13.7. The zero-order chi connectivity index (χ0) is 15.3. The lowest BCUT2D eigenvalue weighted by atomic mass is 10.0. The molecule has 1 unspecified atom stereocenters. The average Bonchev–Trinajstić information content (AvgIpc) is 2.83. The third-order valence-electron chi connectivity index (χ3n) is 3.32. The van der Waals surface area contributed by atoms with Gasteiger partial charge in [-0.25, -0.2) is 9.78 Å². The molecular formula is C14H24N2O3S. The van der Waals surface area contributed by atoms with Gasteiger partial charge in [0.15, 0.2) is 5.13 Å². The second-order valence-electron chi connectivity index (χ2n) is 5.11. The van der Waals surface area contributed by atoms with Gasteiger partial charge in [-0.3, -0.25) is 0 Å². The Morgan fingerprint density at radius 2 is 2.10 bits per heavy atom. The van der Waals surface area contributed by atoms with Gasteiger partial charge in [0.2, 0.25) is 0 Å². The van der Waals surface area contributed by atoms with Crippen molar-refractivity contribution in [3.8, 4) is 0 Å². The van der Waals surface area contributed by atoms with Crippen molar-refractivity contribution >= 4 is 22.4 Å². The van der Waals surface area contributed by atoms with Crippen LogP contribution in [0, 0.1) is 0 Å². The number of carboxylic acid groups (broad SMARTS) is 1. The predicted molar refractivity (Wildman–Crippen MR) is 82.1 cm³/mol. The SMILES string of the molecule is CCC(C)c1nc(N(CCOC)C(C)C)sc1C(=O)O. The van der Waals surface area contributed by atoms with Crippen LogP contribution >= 0.6 is 11.3 Å². The Bertz CT molecular complexity index is 446. The van der Waals surface area contributed by atoms with E-state index in [0.29, 0.717) is 23.7 Å². The van der Waals surface area contributed by atoms with Gasteiger partial charge in [-0.1, -0.05) is 25.2 Å². The number of anilines is 1. The normalized spacial score (nSPS) is 12.7. The van der Waals surface area contributed by atoms with Crippen molar-refractivity contribution in [2.75, 3.05) is 25.2 Å². The number of hydrogen-bond donors (Lipinski definition) is 1. The maximum Gasteiger partial charge on any atom is 0.347 e. The number of thiazole rings is 1. The van der Waals surface area contributed by atoms with E-state index in [1.165, 1.54) is 11.3 Å². The van der Waals surface area contributed by atoms with E-state index in [0.717, 1.165) is 11.6 Å². The summed E-state index contributed by atoms with van der Waals surface area (Å²) >= 11 is 1.26. The molecule has 0 bridgehead atoms. The van der Waals surface area contributed by atoms with Gasteiger partial charge in [0.05, 0.1) is 12.3 Å². The number of hydrogen-bond acceptors (Lipinski definition) is 5. The van der Waals surface area contributed by atoms with Gasteiger partial charge in [-0.05, 0) is 26.2 Å². The highest BCUT2D eigenvalue weighted by atomic mass is 32.1. The molecule has 1 aromatic heterocycles. The van der Waals surface area contributed by atoms with Crippen molar-refractivity contribution in [1.29, 1.82) is 0 Å². The fourth-order valence-corrected chi connectivity index (χ4v) is 3.07. The lowest BCUT2D eigenvalue weighted by Gasteiger charge is -2.25. The molecule has 0 spiro atoms. The smallest absolute Gasteiger partial charge is 0.347 e. The summed E-state index contributed by atoms with van der Waals surface area (Å²) in [6.07, 6.45) is 0.878. The van der Waals surface area contributed by atoms with Crippen LogP contribution < -0.4 is 4.90 Å². The Hall–Kier alpha value is -1.14. The van der Waals surface area contributed by atoms with Gasteiger partial charge in [-0.15, -0.1) is 0 Å². The second-order valence-corrected chi connectivity index (χ2v) is 6.08. The molecule has 0 saturated carbocycles. The molecule has 0 aliphatic rings. The van der Waals surface area contributed by atoms with Crippen molar-refractivity contribution in [2.24, 2.45) is 0 Å². The number of ether oxygens (including phenoxy) is 1. The van der Waals surface area contributed by atoms with Crippen molar-refractivity contribution in [3.05, 3.63) is 10.6 Å². The first-order valence-electron chi connectivity index (χ1n) is 6.91. The van der Waals surface area contributed by atoms with Gasteiger partial charge >= 0.3 is 5.97 Å². The third-order valence-corrected chi connectivity index (χ3v) is 4.42. The van der Waals surface area contributed by atoms with Crippen LogP contribution in [0.3, 0.4) is 0 Å². The first-order valence-corrected chi connectivity index (χ1v) is 7.73. The van der Waals surface area contributed by atoms with Crippen LogP contribution in [0.15, 0.2) is 0 Å². The van der Waals surface area contributed by atoms with E-state index in [1.54, 1.807) is 7.11 Å². The minimum atomic E-state index is -0.889. The molecule has 0 aliphatic heterocycles. The van der Waals surface area contributed by atoms with Crippen LogP contribution in [0.25, 0.3) is 0 Å². The fourth-order valence-electron chi connectivity index (χ4n) is 1.89. The zero-order valence-electron chi connectivity index (χ0n) is 12.8. The number of rotatable bonds is 8. The Kier molecular flexibility index (Phi) is 6.42. The van der Waals surface area contributed by atoms with Crippen LogP contribution in [-0.4, -0.2) is 42.4 Å². The Labute approximate surface area is 124 Å². The lowest BCUT2D eigenvalue weighted by molar-refractivity contribution is 0.0700. The Morgan fingerprint density at radius 3 is 2.55 bits per heavy atom. The summed E-state index contributed by atoms with van der Waals surface area (Å²) < 4.78 is 5.12. The van der Waals surface area contributed by atoms with Gasteiger partial charge in [-0.2, -0.15) is 0 Å². The molecule has 1 N–H and O–H groups in total. The molecule has 1 heterocycles. The monoisotopic (exact) mass is 300 g/mol. The molecule has 0 amide bonds. The summed E-state index contributed by atoms with van der Waals surface area (Å²) in [6, 6.07) is 0.253. The van der Waals surface area contributed by atoms with Crippen molar-refractivity contribution in [1.82, 2.24) is 4.98 Å². The van der Waals surface area contributed by atoms with Crippen molar-refractivity contribution < 1.29 is 14.6 Å². The number of carbonyl (C=O) groups is 1. The van der Waals surface area contributed by atoms with Gasteiger partial charge in [0.25, 0.3) is 0 Å². The molecule has 1 aromatic rings. The molecule has 0 saturated heterocycles. The molecule has 0 fully saturated rings. The van der Waals surface area contributed by atoms with Crippen molar-refractivity contribution in [2.45, 2.75) is 46.1 Å². The topological polar surface area (TPSA) is 62.7 Å². The largest absolute Gasteiger partial charge is 0.477 e. The van der Waals surface area contributed by atoms with E-state index in [2.05, 4.69) is 23.7 Å².